The summed E-state index contributed by atoms with van der Waals surface area (Å²) in [6, 6.07) is 8.41. The molecule has 3 aliphatic carbocycles. The largest absolute Gasteiger partial charge is 0.435 e. The van der Waals surface area contributed by atoms with Crippen molar-refractivity contribution in [1.82, 2.24) is 29.9 Å². The smallest absolute Gasteiger partial charge is 0.377 e. The van der Waals surface area contributed by atoms with Crippen LogP contribution in [-0.2, 0) is 46.9 Å². The van der Waals surface area contributed by atoms with Gasteiger partial charge in [0.2, 0.25) is 15.9 Å². The first kappa shape index (κ1) is 40.2. The van der Waals surface area contributed by atoms with Gasteiger partial charge in [-0.15, -0.1) is 0 Å². The fourth-order valence-electron chi connectivity index (χ4n) is 8.07. The number of nitrogens with one attached hydrogen (secondary N) is 2. The van der Waals surface area contributed by atoms with Gasteiger partial charge in [0.1, 0.15) is 35.2 Å². The molecule has 3 atom stereocenters. The topological polar surface area (TPSA) is 144 Å². The van der Waals surface area contributed by atoms with Gasteiger partial charge in [-0.1, -0.05) is 18.1 Å². The van der Waals surface area contributed by atoms with Crippen LogP contribution in [0.25, 0.3) is 22.0 Å². The molecule has 2 fully saturated rings. The van der Waals surface area contributed by atoms with Crippen LogP contribution >= 0.6 is 0 Å². The van der Waals surface area contributed by atoms with Crippen molar-refractivity contribution in [3.05, 3.63) is 94.1 Å². The fraction of sp³-hybridized carbons (Fsp3) is 0.368. The number of aryl methyl sites for hydroxylation is 1. The van der Waals surface area contributed by atoms with Gasteiger partial charge in [-0.2, -0.15) is 32.1 Å². The molecular formula is C38H30F9N7O4S. The molecule has 0 aliphatic heterocycles. The number of hydrogen-bond acceptors (Lipinski definition) is 7. The Balaban J connectivity index is 1.26. The number of carbonyl (C=O) groups is 1. The molecule has 8 rings (SSSR count). The van der Waals surface area contributed by atoms with E-state index in [2.05, 4.69) is 37.1 Å². The summed E-state index contributed by atoms with van der Waals surface area (Å²) >= 11 is 0. The highest BCUT2D eigenvalue weighted by Crippen LogP contribution is 2.68. The third-order valence-corrected chi connectivity index (χ3v) is 11.0. The summed E-state index contributed by atoms with van der Waals surface area (Å²) in [7, 11) is -2.34. The highest BCUT2D eigenvalue weighted by atomic mass is 32.2. The van der Waals surface area contributed by atoms with E-state index in [1.54, 1.807) is 12.1 Å². The zero-order valence-corrected chi connectivity index (χ0v) is 31.4. The van der Waals surface area contributed by atoms with Crippen molar-refractivity contribution in [2.24, 2.45) is 13.0 Å². The molecule has 0 bridgehead atoms. The molecular weight excluding hydrogens is 822 g/mol. The molecule has 0 radical (unpaired) electrons. The zero-order chi connectivity index (χ0) is 42.6. The van der Waals surface area contributed by atoms with Crippen molar-refractivity contribution in [3.63, 3.8) is 0 Å². The molecule has 21 heteroatoms. The van der Waals surface area contributed by atoms with Gasteiger partial charge >= 0.3 is 6.18 Å². The van der Waals surface area contributed by atoms with Crippen molar-refractivity contribution >= 4 is 32.7 Å². The molecule has 3 N–H and O–H groups in total. The van der Waals surface area contributed by atoms with E-state index in [0.29, 0.717) is 21.8 Å². The minimum absolute atomic E-state index is 0.0612. The van der Waals surface area contributed by atoms with E-state index in [-0.39, 0.29) is 40.1 Å². The molecule has 59 heavy (non-hydrogen) atoms. The molecule has 11 nitrogen and oxygen atoms in total. The van der Waals surface area contributed by atoms with E-state index in [9.17, 15) is 49.1 Å². The van der Waals surface area contributed by atoms with Gasteiger partial charge in [0.25, 0.3) is 11.8 Å². The predicted molar refractivity (Wildman–Crippen MR) is 191 cm³/mol. The Labute approximate surface area is 328 Å². The number of para-hydroxylation sites is 1. The normalized spacial score (nSPS) is 20.2. The van der Waals surface area contributed by atoms with Crippen LogP contribution in [0.15, 0.2) is 48.5 Å². The average molecular weight is 852 g/mol. The number of sulfonamides is 1. The van der Waals surface area contributed by atoms with Gasteiger partial charge in [-0.25, -0.2) is 31.0 Å². The Morgan fingerprint density at radius 3 is 2.37 bits per heavy atom. The van der Waals surface area contributed by atoms with Crippen molar-refractivity contribution < 1.29 is 57.8 Å². The fourth-order valence-corrected chi connectivity index (χ4v) is 8.57. The summed E-state index contributed by atoms with van der Waals surface area (Å²) in [6.07, 6.45) is -6.77. The van der Waals surface area contributed by atoms with Crippen molar-refractivity contribution in [1.29, 1.82) is 0 Å². The first-order valence-electron chi connectivity index (χ1n) is 17.8. The molecule has 2 aromatic carbocycles. The van der Waals surface area contributed by atoms with Crippen molar-refractivity contribution in [3.8, 4) is 23.0 Å². The van der Waals surface area contributed by atoms with E-state index in [1.807, 2.05) is 0 Å². The van der Waals surface area contributed by atoms with Crippen LogP contribution in [-0.4, -0.2) is 61.8 Å². The Hall–Kier alpha value is -5.62. The van der Waals surface area contributed by atoms with Crippen molar-refractivity contribution in [2.75, 3.05) is 11.0 Å². The number of pyridine rings is 1. The van der Waals surface area contributed by atoms with Gasteiger partial charge < -0.3 is 10.4 Å². The number of carbonyl (C=O) groups excluding carboxylic acids is 1. The van der Waals surface area contributed by atoms with Crippen LogP contribution in [0.1, 0.15) is 65.1 Å². The number of aromatic nitrogens is 5. The van der Waals surface area contributed by atoms with E-state index in [4.69, 9.17) is 0 Å². The second kappa shape index (κ2) is 13.5. The maximum absolute atomic E-state index is 15.4. The molecule has 0 unspecified atom stereocenters. The van der Waals surface area contributed by atoms with Gasteiger partial charge in [-0.3, -0.25) is 18.9 Å². The van der Waals surface area contributed by atoms with Crippen LogP contribution < -0.4 is 10.0 Å². The lowest BCUT2D eigenvalue weighted by Crippen LogP contribution is -2.50. The monoisotopic (exact) mass is 851 g/mol. The average Bonchev–Trinajstić information content (AvgIpc) is 3.64. The number of nitrogens with zero attached hydrogens (tertiary/aromatic N) is 5. The number of fused-ring (bicyclic) bond motifs is 4. The number of rotatable bonds is 9. The lowest BCUT2D eigenvalue weighted by Gasteiger charge is -2.39. The molecule has 5 aromatic rings. The second-order valence-electron chi connectivity index (χ2n) is 15.1. The molecule has 1 amide bonds. The van der Waals surface area contributed by atoms with E-state index >= 15 is 8.78 Å². The van der Waals surface area contributed by atoms with Crippen LogP contribution in [0.2, 0.25) is 0 Å². The summed E-state index contributed by atoms with van der Waals surface area (Å²) < 4.78 is 158. The second-order valence-corrected chi connectivity index (χ2v) is 16.9. The highest BCUT2D eigenvalue weighted by molar-refractivity contribution is 7.92. The van der Waals surface area contributed by atoms with Gasteiger partial charge in [0, 0.05) is 41.1 Å². The quantitative estimate of drug-likeness (QED) is 0.116. The third kappa shape index (κ3) is 7.59. The maximum atomic E-state index is 15.4. The Morgan fingerprint density at radius 1 is 1.03 bits per heavy atom. The maximum Gasteiger partial charge on any atom is 0.435 e. The molecule has 0 saturated heterocycles. The molecule has 2 saturated carbocycles. The third-order valence-electron chi connectivity index (χ3n) is 10.4. The number of anilines is 1. The lowest BCUT2D eigenvalue weighted by atomic mass is 9.77. The number of aliphatic hydroxyl groups is 1. The summed E-state index contributed by atoms with van der Waals surface area (Å²) in [5.41, 5.74) is -4.89. The predicted octanol–water partition coefficient (Wildman–Crippen LogP) is 6.32. The van der Waals surface area contributed by atoms with Gasteiger partial charge in [0.15, 0.2) is 11.5 Å². The number of alkyl halides is 7. The standard InChI is InChI=1S/C38H30F9N7O4S/c1-53-31-23(4-3-5-24(31)34(51-53)52-59(2,57)58)22-7-6-21(8-9-35(56)16-36(41,42)17-35)48-30(22)27(12-18-10-19(39)13-20(40)11-18)49-28(55)15-54-33-29(32(50-54)38(45,46)47)25-14-26(25)37(33,43)44/h3-7,10-11,13,25-27,56H,12,14-17H2,1-2H3,(H,49,55)(H,51,52)/t25-,26+,27-/m0/s1. The lowest BCUT2D eigenvalue weighted by molar-refractivity contribution is -0.176. The molecule has 0 spiro atoms. The number of hydrogen-bond donors (Lipinski definition) is 3. The SMILES string of the molecule is Cn1nc(NS(C)(=O)=O)c2cccc(-c3ccc(C#CC4(O)CC(F)(F)C4)nc3[C@H](Cc3cc(F)cc(F)c3)NC(=O)Cn3nc(C(F)(F)F)c4c3C(F)(F)[C@@H]3C[C@H]43)c21. The molecule has 3 heterocycles. The van der Waals surface area contributed by atoms with Crippen LogP contribution in [0, 0.1) is 29.4 Å². The minimum atomic E-state index is -5.12. The van der Waals surface area contributed by atoms with Gasteiger partial charge in [0.05, 0.1) is 36.3 Å². The zero-order valence-electron chi connectivity index (χ0n) is 30.6. The Morgan fingerprint density at radius 2 is 1.73 bits per heavy atom. The van der Waals surface area contributed by atoms with Crippen LogP contribution in [0.5, 0.6) is 0 Å². The first-order valence-corrected chi connectivity index (χ1v) is 19.7. The number of amides is 1. The van der Waals surface area contributed by atoms with E-state index in [1.165, 1.54) is 29.9 Å². The Bertz CT molecular complexity index is 2730. The van der Waals surface area contributed by atoms with E-state index in [0.717, 1.165) is 18.4 Å². The molecule has 3 aromatic heterocycles. The summed E-state index contributed by atoms with van der Waals surface area (Å²) in [5.74, 6) is -7.69. The molecule has 310 valence electrons. The highest BCUT2D eigenvalue weighted by Gasteiger charge is 2.68. The summed E-state index contributed by atoms with van der Waals surface area (Å²) in [6.45, 7) is -1.14. The van der Waals surface area contributed by atoms with Crippen molar-refractivity contribution in [2.45, 2.75) is 67.8 Å². The van der Waals surface area contributed by atoms with Gasteiger partial charge in [-0.05, 0) is 60.6 Å². The molecule has 3 aliphatic rings. The summed E-state index contributed by atoms with van der Waals surface area (Å²) in [4.78, 5) is 18.5. The summed E-state index contributed by atoms with van der Waals surface area (Å²) in [5, 5.41) is 21.1. The minimum Gasteiger partial charge on any atom is -0.377 e. The van der Waals surface area contributed by atoms with E-state index < -0.39 is 112 Å². The Kier molecular flexibility index (Phi) is 9.16. The van der Waals surface area contributed by atoms with Crippen LogP contribution in [0.4, 0.5) is 45.3 Å². The van der Waals surface area contributed by atoms with Crippen LogP contribution in [0.3, 0.4) is 0 Å². The number of halogens is 9. The first-order chi connectivity index (χ1) is 27.4. The number of benzene rings is 2.